The summed E-state index contributed by atoms with van der Waals surface area (Å²) in [5, 5.41) is 4.21. The summed E-state index contributed by atoms with van der Waals surface area (Å²) in [6.07, 6.45) is 0.993. The highest BCUT2D eigenvalue weighted by molar-refractivity contribution is 7.11. The van der Waals surface area contributed by atoms with Crippen molar-refractivity contribution < 1.29 is 9.47 Å². The lowest BCUT2D eigenvalue weighted by molar-refractivity contribution is 0.157. The molecule has 17 heavy (non-hydrogen) atoms. The van der Waals surface area contributed by atoms with E-state index in [-0.39, 0.29) is 5.41 Å². The fourth-order valence-corrected chi connectivity index (χ4v) is 2.07. The Morgan fingerprint density at radius 2 is 2.12 bits per heavy atom. The zero-order valence-electron chi connectivity index (χ0n) is 10.9. The van der Waals surface area contributed by atoms with Gasteiger partial charge in [-0.1, -0.05) is 13.8 Å². The molecule has 0 bridgehead atoms. The number of hydrogen-bond acceptors (Lipinski definition) is 6. The highest BCUT2D eigenvalue weighted by atomic mass is 32.1. The first-order chi connectivity index (χ1) is 8.00. The number of nitrogen functional groups attached to an aromatic ring is 1. The standard InChI is InChI=1S/C11H21N3O2S/c1-11(2,5-6-15-3)7-13-10-8(16-4)9(12)14-17-10/h13H,5-7H2,1-4H3,(H2,12,14). The summed E-state index contributed by atoms with van der Waals surface area (Å²) in [5.74, 6) is 1.08. The average molecular weight is 259 g/mol. The molecule has 0 aromatic carbocycles. The Bertz CT molecular complexity index is 352. The molecule has 0 saturated carbocycles. The minimum Gasteiger partial charge on any atom is -0.490 e. The van der Waals surface area contributed by atoms with E-state index in [0.717, 1.165) is 24.6 Å². The number of ether oxygens (including phenoxy) is 2. The molecule has 0 radical (unpaired) electrons. The molecule has 1 heterocycles. The maximum atomic E-state index is 5.69. The fourth-order valence-electron chi connectivity index (χ4n) is 1.39. The largest absolute Gasteiger partial charge is 0.490 e. The van der Waals surface area contributed by atoms with Gasteiger partial charge in [0.1, 0.15) is 0 Å². The summed E-state index contributed by atoms with van der Waals surface area (Å²) in [5.41, 5.74) is 5.84. The number of anilines is 2. The number of hydrogen-bond donors (Lipinski definition) is 2. The van der Waals surface area contributed by atoms with E-state index in [9.17, 15) is 0 Å². The average Bonchev–Trinajstić information content (AvgIpc) is 2.65. The smallest absolute Gasteiger partial charge is 0.197 e. The van der Waals surface area contributed by atoms with Gasteiger partial charge < -0.3 is 20.5 Å². The molecule has 1 rings (SSSR count). The molecule has 0 saturated heterocycles. The summed E-state index contributed by atoms with van der Waals surface area (Å²) in [4.78, 5) is 0. The summed E-state index contributed by atoms with van der Waals surface area (Å²) in [6, 6.07) is 0. The summed E-state index contributed by atoms with van der Waals surface area (Å²) >= 11 is 1.32. The molecular weight excluding hydrogens is 238 g/mol. The van der Waals surface area contributed by atoms with Crippen LogP contribution >= 0.6 is 11.5 Å². The van der Waals surface area contributed by atoms with Crippen LogP contribution in [-0.2, 0) is 4.74 Å². The number of rotatable bonds is 7. The SMILES string of the molecule is COCCC(C)(C)CNc1snc(N)c1OC. The third-order valence-electron chi connectivity index (χ3n) is 2.59. The number of nitrogens with zero attached hydrogens (tertiary/aromatic N) is 1. The van der Waals surface area contributed by atoms with Crippen LogP contribution in [0.15, 0.2) is 0 Å². The predicted molar refractivity (Wildman–Crippen MR) is 71.8 cm³/mol. The third-order valence-corrected chi connectivity index (χ3v) is 3.39. The Labute approximate surface area is 106 Å². The zero-order valence-corrected chi connectivity index (χ0v) is 11.7. The summed E-state index contributed by atoms with van der Waals surface area (Å²) in [6.45, 7) is 5.97. The molecule has 0 amide bonds. The second-order valence-corrected chi connectivity index (χ2v) is 5.46. The van der Waals surface area contributed by atoms with Crippen molar-refractivity contribution in [2.75, 3.05) is 38.4 Å². The maximum absolute atomic E-state index is 5.69. The van der Waals surface area contributed by atoms with E-state index in [2.05, 4.69) is 23.5 Å². The van der Waals surface area contributed by atoms with Crippen molar-refractivity contribution in [2.45, 2.75) is 20.3 Å². The van der Waals surface area contributed by atoms with Crippen molar-refractivity contribution in [3.63, 3.8) is 0 Å². The van der Waals surface area contributed by atoms with E-state index in [1.54, 1.807) is 14.2 Å². The first kappa shape index (κ1) is 14.1. The zero-order chi connectivity index (χ0) is 12.9. The highest BCUT2D eigenvalue weighted by Crippen LogP contribution is 2.35. The summed E-state index contributed by atoms with van der Waals surface area (Å²) in [7, 11) is 3.32. The molecule has 0 atom stereocenters. The normalized spacial score (nSPS) is 11.5. The Balaban J connectivity index is 2.54. The van der Waals surface area contributed by atoms with Gasteiger partial charge in [-0.25, -0.2) is 0 Å². The van der Waals surface area contributed by atoms with Crippen LogP contribution in [0.5, 0.6) is 5.75 Å². The van der Waals surface area contributed by atoms with Gasteiger partial charge in [0.2, 0.25) is 0 Å². The minimum absolute atomic E-state index is 0.153. The molecule has 1 aromatic rings. The quantitative estimate of drug-likeness (QED) is 0.785. The van der Waals surface area contributed by atoms with E-state index in [4.69, 9.17) is 15.2 Å². The second kappa shape index (κ2) is 6.07. The minimum atomic E-state index is 0.153. The molecule has 0 unspecified atom stereocenters. The number of nitrogens with one attached hydrogen (secondary N) is 1. The van der Waals surface area contributed by atoms with E-state index < -0.39 is 0 Å². The van der Waals surface area contributed by atoms with Crippen molar-refractivity contribution in [1.82, 2.24) is 4.37 Å². The van der Waals surface area contributed by atoms with Crippen molar-refractivity contribution in [3.8, 4) is 5.75 Å². The first-order valence-corrected chi connectivity index (χ1v) is 6.29. The lowest BCUT2D eigenvalue weighted by Crippen LogP contribution is -2.24. The monoisotopic (exact) mass is 259 g/mol. The van der Waals surface area contributed by atoms with Crippen molar-refractivity contribution >= 4 is 22.4 Å². The van der Waals surface area contributed by atoms with Crippen molar-refractivity contribution in [3.05, 3.63) is 0 Å². The molecule has 3 N–H and O–H groups in total. The molecule has 6 heteroatoms. The molecule has 0 aliphatic rings. The molecule has 0 fully saturated rings. The highest BCUT2D eigenvalue weighted by Gasteiger charge is 2.19. The fraction of sp³-hybridized carbons (Fsp3) is 0.727. The topological polar surface area (TPSA) is 69.4 Å². The molecule has 1 aromatic heterocycles. The maximum Gasteiger partial charge on any atom is 0.197 e. The first-order valence-electron chi connectivity index (χ1n) is 5.52. The van der Waals surface area contributed by atoms with Crippen LogP contribution in [0.3, 0.4) is 0 Å². The van der Waals surface area contributed by atoms with Gasteiger partial charge in [-0.05, 0) is 23.4 Å². The summed E-state index contributed by atoms with van der Waals surface area (Å²) < 4.78 is 14.4. The van der Waals surface area contributed by atoms with Gasteiger partial charge in [-0.3, -0.25) is 0 Å². The van der Waals surface area contributed by atoms with E-state index in [1.165, 1.54) is 11.5 Å². The second-order valence-electron chi connectivity index (χ2n) is 4.69. The Kier molecular flexibility index (Phi) is 5.02. The van der Waals surface area contributed by atoms with Gasteiger partial charge in [0.15, 0.2) is 16.6 Å². The van der Waals surface area contributed by atoms with E-state index >= 15 is 0 Å². The van der Waals surface area contributed by atoms with Gasteiger partial charge >= 0.3 is 0 Å². The van der Waals surface area contributed by atoms with Gasteiger partial charge in [0.05, 0.1) is 7.11 Å². The molecular formula is C11H21N3O2S. The van der Waals surface area contributed by atoms with Crippen LogP contribution in [-0.4, -0.2) is 31.7 Å². The molecule has 0 spiro atoms. The van der Waals surface area contributed by atoms with Crippen LogP contribution in [0.25, 0.3) is 0 Å². The van der Waals surface area contributed by atoms with Gasteiger partial charge in [0.25, 0.3) is 0 Å². The molecule has 5 nitrogen and oxygen atoms in total. The van der Waals surface area contributed by atoms with Crippen LogP contribution in [0.1, 0.15) is 20.3 Å². The van der Waals surface area contributed by atoms with Crippen LogP contribution < -0.4 is 15.8 Å². The molecule has 0 aliphatic heterocycles. The Morgan fingerprint density at radius 3 is 2.71 bits per heavy atom. The Hall–Kier alpha value is -1.01. The molecule has 98 valence electrons. The van der Waals surface area contributed by atoms with Gasteiger partial charge in [0, 0.05) is 20.3 Å². The lowest BCUT2D eigenvalue weighted by Gasteiger charge is -2.24. The lowest BCUT2D eigenvalue weighted by atomic mass is 9.90. The van der Waals surface area contributed by atoms with Gasteiger partial charge in [-0.2, -0.15) is 4.37 Å². The predicted octanol–water partition coefficient (Wildman–Crippen LogP) is 2.21. The molecule has 0 aliphatic carbocycles. The van der Waals surface area contributed by atoms with Crippen LogP contribution in [0.4, 0.5) is 10.8 Å². The van der Waals surface area contributed by atoms with Gasteiger partial charge in [-0.15, -0.1) is 0 Å². The van der Waals surface area contributed by atoms with Crippen molar-refractivity contribution in [2.24, 2.45) is 5.41 Å². The third kappa shape index (κ3) is 4.05. The Morgan fingerprint density at radius 1 is 1.41 bits per heavy atom. The van der Waals surface area contributed by atoms with Crippen molar-refractivity contribution in [1.29, 1.82) is 0 Å². The van der Waals surface area contributed by atoms with E-state index in [1.807, 2.05) is 0 Å². The number of methoxy groups -OCH3 is 2. The van der Waals surface area contributed by atoms with Crippen LogP contribution in [0.2, 0.25) is 0 Å². The number of aromatic nitrogens is 1. The number of nitrogens with two attached hydrogens (primary N) is 1. The van der Waals surface area contributed by atoms with E-state index in [0.29, 0.717) is 11.6 Å². The van der Waals surface area contributed by atoms with Crippen LogP contribution in [0, 0.1) is 5.41 Å².